The van der Waals surface area contributed by atoms with E-state index < -0.39 is 12.1 Å². The number of ketones is 1. The highest BCUT2D eigenvalue weighted by Crippen LogP contribution is 2.24. The van der Waals surface area contributed by atoms with Gasteiger partial charge in [0.05, 0.1) is 12.0 Å². The summed E-state index contributed by atoms with van der Waals surface area (Å²) in [5.41, 5.74) is 1.88. The maximum absolute atomic E-state index is 12.6. The normalized spacial score (nSPS) is 11.5. The molecule has 0 heterocycles. The van der Waals surface area contributed by atoms with Crippen LogP contribution in [0.15, 0.2) is 91.0 Å². The summed E-state index contributed by atoms with van der Waals surface area (Å²) in [7, 11) is 0. The van der Waals surface area contributed by atoms with Crippen LogP contribution in [0.1, 0.15) is 38.8 Å². The van der Waals surface area contributed by atoms with Crippen molar-refractivity contribution < 1.29 is 14.3 Å². The third-order valence-corrected chi connectivity index (χ3v) is 3.90. The zero-order valence-corrected chi connectivity index (χ0v) is 13.7. The Bertz CT molecular complexity index is 773. The molecule has 3 aromatic carbocycles. The molecule has 0 spiro atoms. The van der Waals surface area contributed by atoms with Gasteiger partial charge in [-0.1, -0.05) is 78.9 Å². The molecule has 25 heavy (non-hydrogen) atoms. The predicted octanol–water partition coefficient (Wildman–Crippen LogP) is 4.86. The number of carbonyl (C=O) groups excluding carboxylic acids is 2. The van der Waals surface area contributed by atoms with Crippen LogP contribution < -0.4 is 0 Å². The number of rotatable bonds is 6. The first-order valence-electron chi connectivity index (χ1n) is 8.13. The first kappa shape index (κ1) is 16.7. The van der Waals surface area contributed by atoms with E-state index in [9.17, 15) is 9.59 Å². The third kappa shape index (κ3) is 4.42. The summed E-state index contributed by atoms with van der Waals surface area (Å²) in [6, 6.07) is 27.2. The molecule has 1 atom stereocenters. The Kier molecular flexibility index (Phi) is 5.37. The molecule has 0 fully saturated rings. The second-order valence-electron chi connectivity index (χ2n) is 5.66. The van der Waals surface area contributed by atoms with Gasteiger partial charge < -0.3 is 4.74 Å². The molecular weight excluding hydrogens is 312 g/mol. The summed E-state index contributed by atoms with van der Waals surface area (Å²) in [4.78, 5) is 25.0. The zero-order valence-electron chi connectivity index (χ0n) is 13.7. The van der Waals surface area contributed by atoms with Gasteiger partial charge in [-0.15, -0.1) is 0 Å². The summed E-state index contributed by atoms with van der Waals surface area (Å²) < 4.78 is 5.65. The van der Waals surface area contributed by atoms with Crippen molar-refractivity contribution in [2.45, 2.75) is 12.5 Å². The molecule has 0 N–H and O–H groups in total. The second kappa shape index (κ2) is 8.06. The lowest BCUT2D eigenvalue weighted by Crippen LogP contribution is -2.15. The van der Waals surface area contributed by atoms with E-state index in [1.165, 1.54) is 0 Å². The zero-order chi connectivity index (χ0) is 17.5. The molecule has 3 aromatic rings. The topological polar surface area (TPSA) is 43.4 Å². The van der Waals surface area contributed by atoms with Gasteiger partial charge in [0, 0.05) is 5.56 Å². The minimum Gasteiger partial charge on any atom is -0.453 e. The second-order valence-corrected chi connectivity index (χ2v) is 5.66. The lowest BCUT2D eigenvalue weighted by molar-refractivity contribution is 0.0279. The molecule has 3 rings (SSSR count). The Balaban J connectivity index is 1.81. The lowest BCUT2D eigenvalue weighted by Gasteiger charge is -2.18. The van der Waals surface area contributed by atoms with E-state index in [-0.39, 0.29) is 12.2 Å². The van der Waals surface area contributed by atoms with Crippen molar-refractivity contribution in [3.05, 3.63) is 108 Å². The first-order chi connectivity index (χ1) is 12.2. The van der Waals surface area contributed by atoms with Crippen molar-refractivity contribution >= 4 is 11.8 Å². The van der Waals surface area contributed by atoms with Crippen LogP contribution in [0.5, 0.6) is 0 Å². The van der Waals surface area contributed by atoms with E-state index in [1.54, 1.807) is 36.4 Å². The summed E-state index contributed by atoms with van der Waals surface area (Å²) in [5, 5.41) is 0. The van der Waals surface area contributed by atoms with Gasteiger partial charge in [0.25, 0.3) is 0 Å². The van der Waals surface area contributed by atoms with Crippen LogP contribution in [-0.4, -0.2) is 11.8 Å². The molecule has 0 bridgehead atoms. The molecule has 3 nitrogen and oxygen atoms in total. The number of Topliss-reactive ketones (excluding diaryl/α,β-unsaturated/α-hetero) is 1. The van der Waals surface area contributed by atoms with Crippen molar-refractivity contribution in [1.29, 1.82) is 0 Å². The van der Waals surface area contributed by atoms with Crippen molar-refractivity contribution in [2.75, 3.05) is 0 Å². The largest absolute Gasteiger partial charge is 0.453 e. The summed E-state index contributed by atoms with van der Waals surface area (Å²) in [5.74, 6) is -0.495. The third-order valence-electron chi connectivity index (χ3n) is 3.90. The van der Waals surface area contributed by atoms with Crippen LogP contribution in [0.4, 0.5) is 0 Å². The van der Waals surface area contributed by atoms with E-state index in [0.29, 0.717) is 11.1 Å². The molecule has 0 aliphatic carbocycles. The molecule has 0 saturated carbocycles. The van der Waals surface area contributed by atoms with E-state index in [1.807, 2.05) is 54.6 Å². The van der Waals surface area contributed by atoms with E-state index in [2.05, 4.69) is 0 Å². The Morgan fingerprint density at radius 3 is 1.72 bits per heavy atom. The van der Waals surface area contributed by atoms with Crippen molar-refractivity contribution in [3.63, 3.8) is 0 Å². The number of benzene rings is 3. The Morgan fingerprint density at radius 1 is 0.680 bits per heavy atom. The van der Waals surface area contributed by atoms with Gasteiger partial charge in [0.1, 0.15) is 6.10 Å². The Morgan fingerprint density at radius 2 is 1.16 bits per heavy atom. The van der Waals surface area contributed by atoms with Crippen LogP contribution in [0.2, 0.25) is 0 Å². The number of hydrogen-bond acceptors (Lipinski definition) is 3. The minimum absolute atomic E-state index is 0.0599. The van der Waals surface area contributed by atoms with Gasteiger partial charge in [-0.2, -0.15) is 0 Å². The molecule has 3 heteroatoms. The highest BCUT2D eigenvalue weighted by molar-refractivity contribution is 5.97. The van der Waals surface area contributed by atoms with Gasteiger partial charge in [0.15, 0.2) is 5.78 Å². The quantitative estimate of drug-likeness (QED) is 0.479. The van der Waals surface area contributed by atoms with Gasteiger partial charge in [0.2, 0.25) is 0 Å². The highest BCUT2D eigenvalue weighted by Gasteiger charge is 2.21. The molecule has 0 aliphatic rings. The molecule has 0 saturated heterocycles. The average Bonchev–Trinajstić information content (AvgIpc) is 2.69. The van der Waals surface area contributed by atoms with Crippen LogP contribution in [0, 0.1) is 0 Å². The van der Waals surface area contributed by atoms with Crippen LogP contribution >= 0.6 is 0 Å². The molecule has 0 aromatic heterocycles. The minimum atomic E-state index is -0.624. The van der Waals surface area contributed by atoms with Gasteiger partial charge in [-0.3, -0.25) is 4.79 Å². The molecular formula is C22H18O3. The molecule has 0 amide bonds. The summed E-state index contributed by atoms with van der Waals surface area (Å²) >= 11 is 0. The van der Waals surface area contributed by atoms with Gasteiger partial charge in [-0.05, 0) is 17.7 Å². The van der Waals surface area contributed by atoms with Gasteiger partial charge in [-0.25, -0.2) is 4.79 Å². The summed E-state index contributed by atoms with van der Waals surface area (Å²) in [6.07, 6.45) is -0.520. The first-order valence-corrected chi connectivity index (χ1v) is 8.13. The lowest BCUT2D eigenvalue weighted by atomic mass is 10.00. The standard InChI is InChI=1S/C22H18O3/c23-20(17-10-4-1-5-11-17)16-21(18-12-6-2-7-13-18)25-22(24)19-14-8-3-9-15-19/h1-15,21H,16H2/t21-/m0/s1. The SMILES string of the molecule is O=C(C[C@H](OC(=O)c1ccccc1)c1ccccc1)c1ccccc1. The number of carbonyl (C=O) groups is 2. The van der Waals surface area contributed by atoms with Gasteiger partial charge >= 0.3 is 5.97 Å². The highest BCUT2D eigenvalue weighted by atomic mass is 16.5. The smallest absolute Gasteiger partial charge is 0.338 e. The number of esters is 1. The van der Waals surface area contributed by atoms with E-state index >= 15 is 0 Å². The number of ether oxygens (including phenoxy) is 1. The molecule has 124 valence electrons. The molecule has 0 radical (unpaired) electrons. The summed E-state index contributed by atoms with van der Waals surface area (Å²) in [6.45, 7) is 0. The Hall–Kier alpha value is -3.20. The van der Waals surface area contributed by atoms with Crippen LogP contribution in [0.25, 0.3) is 0 Å². The van der Waals surface area contributed by atoms with Crippen molar-refractivity contribution in [3.8, 4) is 0 Å². The van der Waals surface area contributed by atoms with Crippen molar-refractivity contribution in [1.82, 2.24) is 0 Å². The molecule has 0 unspecified atom stereocenters. The molecule has 0 aliphatic heterocycles. The van der Waals surface area contributed by atoms with Crippen LogP contribution in [-0.2, 0) is 4.74 Å². The fourth-order valence-corrected chi connectivity index (χ4v) is 2.58. The Labute approximate surface area is 146 Å². The number of hydrogen-bond donors (Lipinski definition) is 0. The maximum atomic E-state index is 12.6. The predicted molar refractivity (Wildman–Crippen MR) is 96.4 cm³/mol. The van der Waals surface area contributed by atoms with E-state index in [0.717, 1.165) is 5.56 Å². The van der Waals surface area contributed by atoms with Crippen LogP contribution in [0.3, 0.4) is 0 Å². The average molecular weight is 330 g/mol. The monoisotopic (exact) mass is 330 g/mol. The van der Waals surface area contributed by atoms with E-state index in [4.69, 9.17) is 4.74 Å². The maximum Gasteiger partial charge on any atom is 0.338 e. The fourth-order valence-electron chi connectivity index (χ4n) is 2.58. The fraction of sp³-hybridized carbons (Fsp3) is 0.0909. The van der Waals surface area contributed by atoms with Crippen molar-refractivity contribution in [2.24, 2.45) is 0 Å².